The van der Waals surface area contributed by atoms with Crippen molar-refractivity contribution >= 4 is 41.1 Å². The lowest BCUT2D eigenvalue weighted by Crippen LogP contribution is -2.21. The Kier molecular flexibility index (Phi) is 3.70. The summed E-state index contributed by atoms with van der Waals surface area (Å²) >= 11 is 11.9. The summed E-state index contributed by atoms with van der Waals surface area (Å²) in [6.45, 7) is 5.78. The van der Waals surface area contributed by atoms with E-state index in [4.69, 9.17) is 27.9 Å². The first-order chi connectivity index (χ1) is 8.77. The van der Waals surface area contributed by atoms with E-state index in [0.717, 1.165) is 0 Å². The second-order valence-corrected chi connectivity index (χ2v) is 6.10. The summed E-state index contributed by atoms with van der Waals surface area (Å²) in [4.78, 5) is 16.0. The Bertz CT molecular complexity index is 598. The molecule has 1 heterocycles. The maximum absolute atomic E-state index is 11.7. The van der Waals surface area contributed by atoms with Crippen LogP contribution in [0.3, 0.4) is 0 Å². The van der Waals surface area contributed by atoms with Gasteiger partial charge in [0.25, 0.3) is 0 Å². The molecule has 0 aliphatic carbocycles. The predicted molar refractivity (Wildman–Crippen MR) is 77.4 cm³/mol. The molecule has 0 N–H and O–H groups in total. The molecular formula is C14H13Cl2NO2. The Hall–Kier alpha value is -1.32. The summed E-state index contributed by atoms with van der Waals surface area (Å²) in [7, 11) is 0. The monoisotopic (exact) mass is 297 g/mol. The Labute approximate surface area is 121 Å². The fraction of sp³-hybridized carbons (Fsp3) is 0.286. The van der Waals surface area contributed by atoms with Gasteiger partial charge in [-0.3, -0.25) is 0 Å². The molecule has 1 aliphatic heterocycles. The van der Waals surface area contributed by atoms with Gasteiger partial charge in [-0.1, -0.05) is 50.0 Å². The number of benzene rings is 1. The number of nitrogens with zero attached hydrogens (tertiary/aromatic N) is 1. The molecule has 0 saturated carbocycles. The van der Waals surface area contributed by atoms with Crippen molar-refractivity contribution in [3.63, 3.8) is 0 Å². The standard InChI is InChI=1S/C14H13Cl2NO2/c1-14(2,3)13-17-11(12(18)19-13)6-8-4-5-9(15)7-10(8)16/h4-7H,1-3H3/b11-6+. The van der Waals surface area contributed by atoms with Crippen LogP contribution in [0.25, 0.3) is 6.08 Å². The number of carbonyl (C=O) groups is 1. The van der Waals surface area contributed by atoms with Crippen LogP contribution < -0.4 is 0 Å². The Balaban J connectivity index is 2.39. The number of aliphatic imine (C=N–C) groups is 1. The highest BCUT2D eigenvalue weighted by molar-refractivity contribution is 6.35. The van der Waals surface area contributed by atoms with Gasteiger partial charge in [0.1, 0.15) is 0 Å². The molecule has 0 unspecified atom stereocenters. The van der Waals surface area contributed by atoms with E-state index in [1.54, 1.807) is 24.3 Å². The van der Waals surface area contributed by atoms with Gasteiger partial charge in [0.2, 0.25) is 5.90 Å². The second-order valence-electron chi connectivity index (χ2n) is 5.25. The van der Waals surface area contributed by atoms with E-state index >= 15 is 0 Å². The smallest absolute Gasteiger partial charge is 0.363 e. The zero-order chi connectivity index (χ0) is 14.2. The fourth-order valence-corrected chi connectivity index (χ4v) is 1.96. The van der Waals surface area contributed by atoms with Crippen LogP contribution in [0.4, 0.5) is 0 Å². The van der Waals surface area contributed by atoms with E-state index in [1.165, 1.54) is 0 Å². The molecule has 0 aromatic heterocycles. The average molecular weight is 298 g/mol. The number of carbonyl (C=O) groups excluding carboxylic acids is 1. The van der Waals surface area contributed by atoms with E-state index in [-0.39, 0.29) is 11.1 Å². The van der Waals surface area contributed by atoms with Crippen LogP contribution >= 0.6 is 23.2 Å². The van der Waals surface area contributed by atoms with Crippen LogP contribution in [0, 0.1) is 5.41 Å². The summed E-state index contributed by atoms with van der Waals surface area (Å²) in [5.74, 6) is -0.0511. The van der Waals surface area contributed by atoms with Gasteiger partial charge in [-0.2, -0.15) is 0 Å². The van der Waals surface area contributed by atoms with Crippen LogP contribution in [-0.2, 0) is 9.53 Å². The van der Waals surface area contributed by atoms with Gasteiger partial charge in [0.15, 0.2) is 5.70 Å². The third-order valence-corrected chi connectivity index (χ3v) is 3.08. The SMILES string of the molecule is CC(C)(C)C1=N/C(=C/c2ccc(Cl)cc2Cl)C(=O)O1. The molecule has 0 amide bonds. The number of ether oxygens (including phenoxy) is 1. The minimum atomic E-state index is -0.462. The second kappa shape index (κ2) is 4.99. The van der Waals surface area contributed by atoms with Gasteiger partial charge in [-0.15, -0.1) is 0 Å². The third-order valence-electron chi connectivity index (χ3n) is 2.52. The van der Waals surface area contributed by atoms with Gasteiger partial charge in [0, 0.05) is 15.5 Å². The van der Waals surface area contributed by atoms with Gasteiger partial charge < -0.3 is 4.74 Å². The molecule has 0 saturated heterocycles. The normalized spacial score (nSPS) is 17.6. The van der Waals surface area contributed by atoms with E-state index in [0.29, 0.717) is 21.5 Å². The molecule has 2 rings (SSSR count). The molecular weight excluding hydrogens is 285 g/mol. The summed E-state index contributed by atoms with van der Waals surface area (Å²) < 4.78 is 5.15. The molecule has 1 aromatic rings. The van der Waals surface area contributed by atoms with E-state index in [1.807, 2.05) is 20.8 Å². The highest BCUT2D eigenvalue weighted by Crippen LogP contribution is 2.28. The lowest BCUT2D eigenvalue weighted by Gasteiger charge is -2.15. The van der Waals surface area contributed by atoms with Crippen molar-refractivity contribution in [2.45, 2.75) is 20.8 Å². The van der Waals surface area contributed by atoms with Gasteiger partial charge in [-0.25, -0.2) is 9.79 Å². The minimum Gasteiger partial charge on any atom is -0.406 e. The lowest BCUT2D eigenvalue weighted by atomic mass is 9.97. The highest BCUT2D eigenvalue weighted by atomic mass is 35.5. The molecule has 0 bridgehead atoms. The highest BCUT2D eigenvalue weighted by Gasteiger charge is 2.31. The zero-order valence-electron chi connectivity index (χ0n) is 10.8. The first kappa shape index (κ1) is 14.1. The van der Waals surface area contributed by atoms with Crippen molar-refractivity contribution in [3.05, 3.63) is 39.5 Å². The first-order valence-electron chi connectivity index (χ1n) is 5.75. The van der Waals surface area contributed by atoms with Crippen molar-refractivity contribution in [1.82, 2.24) is 0 Å². The number of rotatable bonds is 1. The van der Waals surface area contributed by atoms with Gasteiger partial charge in [-0.05, 0) is 23.8 Å². The summed E-state index contributed by atoms with van der Waals surface area (Å²) in [5.41, 5.74) is 0.612. The maximum atomic E-state index is 11.7. The van der Waals surface area contributed by atoms with Gasteiger partial charge in [0.05, 0.1) is 0 Å². The number of halogens is 2. The summed E-state index contributed by atoms with van der Waals surface area (Å²) in [5, 5.41) is 1.01. The van der Waals surface area contributed by atoms with Crippen LogP contribution in [0.5, 0.6) is 0 Å². The third kappa shape index (κ3) is 3.17. The molecule has 3 nitrogen and oxygen atoms in total. The predicted octanol–water partition coefficient (Wildman–Crippen LogP) is 4.34. The van der Waals surface area contributed by atoms with Crippen LogP contribution in [0.2, 0.25) is 10.0 Å². The quantitative estimate of drug-likeness (QED) is 0.571. The molecule has 5 heteroatoms. The molecule has 0 atom stereocenters. The van der Waals surface area contributed by atoms with Crippen molar-refractivity contribution in [2.75, 3.05) is 0 Å². The summed E-state index contributed by atoms with van der Waals surface area (Å²) in [6, 6.07) is 5.05. The number of cyclic esters (lactones) is 1. The minimum absolute atomic E-state index is 0.245. The van der Waals surface area contributed by atoms with Crippen LogP contribution in [-0.4, -0.2) is 11.9 Å². The lowest BCUT2D eigenvalue weighted by molar-refractivity contribution is -0.130. The number of esters is 1. The largest absolute Gasteiger partial charge is 0.406 e. The van der Waals surface area contributed by atoms with Gasteiger partial charge >= 0.3 is 5.97 Å². The Morgan fingerprint density at radius 1 is 1.26 bits per heavy atom. The first-order valence-corrected chi connectivity index (χ1v) is 6.51. The van der Waals surface area contributed by atoms with Crippen molar-refractivity contribution in [2.24, 2.45) is 10.4 Å². The molecule has 19 heavy (non-hydrogen) atoms. The van der Waals surface area contributed by atoms with E-state index in [2.05, 4.69) is 4.99 Å². The topological polar surface area (TPSA) is 38.7 Å². The molecule has 1 aromatic carbocycles. The number of hydrogen-bond acceptors (Lipinski definition) is 3. The van der Waals surface area contributed by atoms with E-state index < -0.39 is 5.97 Å². The fourth-order valence-electron chi connectivity index (χ4n) is 1.50. The van der Waals surface area contributed by atoms with Crippen molar-refractivity contribution in [1.29, 1.82) is 0 Å². The van der Waals surface area contributed by atoms with Crippen LogP contribution in [0.1, 0.15) is 26.3 Å². The maximum Gasteiger partial charge on any atom is 0.363 e. The molecule has 1 aliphatic rings. The van der Waals surface area contributed by atoms with Crippen molar-refractivity contribution in [3.8, 4) is 0 Å². The molecule has 0 fully saturated rings. The van der Waals surface area contributed by atoms with Crippen molar-refractivity contribution < 1.29 is 9.53 Å². The van der Waals surface area contributed by atoms with E-state index in [9.17, 15) is 4.79 Å². The number of hydrogen-bond donors (Lipinski definition) is 0. The zero-order valence-corrected chi connectivity index (χ0v) is 12.3. The Morgan fingerprint density at radius 3 is 2.47 bits per heavy atom. The Morgan fingerprint density at radius 2 is 1.95 bits per heavy atom. The molecule has 0 spiro atoms. The molecule has 100 valence electrons. The average Bonchev–Trinajstić information content (AvgIpc) is 2.64. The van der Waals surface area contributed by atoms with Crippen LogP contribution in [0.15, 0.2) is 28.9 Å². The molecule has 0 radical (unpaired) electrons. The summed E-state index contributed by atoms with van der Waals surface area (Å²) in [6.07, 6.45) is 1.60.